The van der Waals surface area contributed by atoms with Gasteiger partial charge < -0.3 is 10.2 Å². The van der Waals surface area contributed by atoms with Gasteiger partial charge in [-0.05, 0) is 30.4 Å². The summed E-state index contributed by atoms with van der Waals surface area (Å²) in [5, 5.41) is 14.4. The molecule has 2 amide bonds. The Balaban J connectivity index is 1.44. The molecule has 0 saturated carbocycles. The lowest BCUT2D eigenvalue weighted by Crippen LogP contribution is -2.31. The van der Waals surface area contributed by atoms with Crippen LogP contribution in [0.2, 0.25) is 0 Å². The number of anilines is 1. The summed E-state index contributed by atoms with van der Waals surface area (Å²) in [6.45, 7) is 2.62. The Labute approximate surface area is 182 Å². The molecule has 0 radical (unpaired) electrons. The van der Waals surface area contributed by atoms with Gasteiger partial charge in [-0.15, -0.1) is 34.2 Å². The van der Waals surface area contributed by atoms with Crippen LogP contribution in [-0.4, -0.2) is 38.2 Å². The van der Waals surface area contributed by atoms with Crippen LogP contribution in [0.1, 0.15) is 42.5 Å². The minimum absolute atomic E-state index is 0.0245. The molecule has 28 heavy (non-hydrogen) atoms. The van der Waals surface area contributed by atoms with Gasteiger partial charge in [-0.3, -0.25) is 9.59 Å². The maximum atomic E-state index is 12.6. The first-order valence-corrected chi connectivity index (χ1v) is 12.2. The molecule has 10 heteroatoms. The largest absolute Gasteiger partial charge is 0.317 e. The topological polar surface area (TPSA) is 75.2 Å². The zero-order chi connectivity index (χ0) is 19.9. The molecule has 0 aliphatic carbocycles. The number of carbonyl (C=O) groups excluding carboxylic acids is 2. The Bertz CT molecular complexity index is 835. The molecule has 1 N–H and O–H groups in total. The summed E-state index contributed by atoms with van der Waals surface area (Å²) in [6, 6.07) is 3.94. The second-order valence-electron chi connectivity index (χ2n) is 6.22. The van der Waals surface area contributed by atoms with Gasteiger partial charge in [0.05, 0.1) is 4.91 Å². The fourth-order valence-electron chi connectivity index (χ4n) is 2.60. The van der Waals surface area contributed by atoms with Gasteiger partial charge in [0.15, 0.2) is 0 Å². The molecule has 1 atom stereocenters. The van der Waals surface area contributed by atoms with E-state index in [1.807, 2.05) is 23.6 Å². The number of thioether (sulfide) groups is 1. The van der Waals surface area contributed by atoms with Crippen molar-refractivity contribution < 1.29 is 9.59 Å². The van der Waals surface area contributed by atoms with Crippen molar-refractivity contribution in [3.63, 3.8) is 0 Å². The first-order valence-electron chi connectivity index (χ1n) is 9.10. The van der Waals surface area contributed by atoms with Crippen LogP contribution in [0.5, 0.6) is 0 Å². The Morgan fingerprint density at radius 1 is 1.39 bits per heavy atom. The molecule has 2 aromatic heterocycles. The first kappa shape index (κ1) is 21.4. The van der Waals surface area contributed by atoms with Crippen LogP contribution in [0, 0.1) is 0 Å². The third-order valence-corrected chi connectivity index (χ3v) is 7.37. The summed E-state index contributed by atoms with van der Waals surface area (Å²) in [5.41, 5.74) is 0. The molecular weight excluding hydrogens is 432 g/mol. The van der Waals surface area contributed by atoms with E-state index >= 15 is 0 Å². The summed E-state index contributed by atoms with van der Waals surface area (Å²) in [5.74, 6) is -0.133. The highest BCUT2D eigenvalue weighted by Gasteiger charge is 2.33. The van der Waals surface area contributed by atoms with E-state index in [1.54, 1.807) is 16.2 Å². The van der Waals surface area contributed by atoms with Crippen molar-refractivity contribution in [2.45, 2.75) is 43.7 Å². The van der Waals surface area contributed by atoms with Gasteiger partial charge >= 0.3 is 0 Å². The molecule has 2 aromatic rings. The molecule has 3 rings (SSSR count). The van der Waals surface area contributed by atoms with Gasteiger partial charge in [0.1, 0.15) is 9.71 Å². The molecule has 3 heterocycles. The number of thiol groups is 1. The molecule has 1 saturated heterocycles. The zero-order valence-electron chi connectivity index (χ0n) is 15.5. The highest BCUT2D eigenvalue weighted by Crippen LogP contribution is 2.38. The van der Waals surface area contributed by atoms with E-state index in [0.29, 0.717) is 29.4 Å². The molecule has 6 nitrogen and oxygen atoms in total. The van der Waals surface area contributed by atoms with E-state index in [1.165, 1.54) is 23.1 Å². The maximum absolute atomic E-state index is 12.6. The summed E-state index contributed by atoms with van der Waals surface area (Å²) in [6.07, 6.45) is 5.86. The lowest BCUT2D eigenvalue weighted by atomic mass is 10.2. The molecule has 1 aliphatic rings. The minimum atomic E-state index is -0.217. The number of amides is 2. The van der Waals surface area contributed by atoms with E-state index in [0.717, 1.165) is 29.1 Å². The smallest absolute Gasteiger partial charge is 0.261 e. The number of thiophene rings is 1. The summed E-state index contributed by atoms with van der Waals surface area (Å²) >= 11 is 8.96. The Hall–Kier alpha value is -1.36. The van der Waals surface area contributed by atoms with Gasteiger partial charge in [0.25, 0.3) is 5.91 Å². The van der Waals surface area contributed by atoms with Crippen LogP contribution in [0.3, 0.4) is 0 Å². The Morgan fingerprint density at radius 2 is 2.25 bits per heavy atom. The number of unbranched alkanes of at least 4 members (excludes halogenated alkanes) is 1. The van der Waals surface area contributed by atoms with Crippen molar-refractivity contribution in [3.8, 4) is 0 Å². The number of rotatable bonds is 9. The van der Waals surface area contributed by atoms with E-state index < -0.39 is 0 Å². The fraction of sp³-hybridized carbons (Fsp3) is 0.444. The number of aromatic nitrogens is 2. The number of carbonyl (C=O) groups is 2. The third kappa shape index (κ3) is 5.82. The second-order valence-corrected chi connectivity index (χ2v) is 10.2. The van der Waals surface area contributed by atoms with Crippen molar-refractivity contribution in [1.29, 1.82) is 0 Å². The van der Waals surface area contributed by atoms with Gasteiger partial charge in [-0.1, -0.05) is 42.5 Å². The van der Waals surface area contributed by atoms with Gasteiger partial charge in [0, 0.05) is 24.3 Å². The van der Waals surface area contributed by atoms with E-state index in [-0.39, 0.29) is 16.5 Å². The van der Waals surface area contributed by atoms with Gasteiger partial charge in [-0.2, -0.15) is 0 Å². The predicted octanol–water partition coefficient (Wildman–Crippen LogP) is 4.49. The van der Waals surface area contributed by atoms with Crippen LogP contribution in [0.25, 0.3) is 6.08 Å². The maximum Gasteiger partial charge on any atom is 0.261 e. The fourth-order valence-corrected chi connectivity index (χ4v) is 5.66. The van der Waals surface area contributed by atoms with Crippen LogP contribution in [0.4, 0.5) is 5.13 Å². The normalized spacial score (nSPS) is 18.2. The van der Waals surface area contributed by atoms with Crippen molar-refractivity contribution in [1.82, 2.24) is 15.1 Å². The molecule has 0 aromatic carbocycles. The molecule has 150 valence electrons. The second kappa shape index (κ2) is 10.4. The highest BCUT2D eigenvalue weighted by molar-refractivity contribution is 8.14. The Morgan fingerprint density at radius 3 is 3.00 bits per heavy atom. The van der Waals surface area contributed by atoms with Crippen molar-refractivity contribution >= 4 is 70.1 Å². The van der Waals surface area contributed by atoms with Crippen molar-refractivity contribution in [2.24, 2.45) is 0 Å². The lowest BCUT2D eigenvalue weighted by Gasteiger charge is -2.18. The minimum Gasteiger partial charge on any atom is -0.317 e. The molecule has 1 fully saturated rings. The molecule has 1 unspecified atom stereocenters. The summed E-state index contributed by atoms with van der Waals surface area (Å²) in [7, 11) is 0. The zero-order valence-corrected chi connectivity index (χ0v) is 18.8. The van der Waals surface area contributed by atoms with Crippen LogP contribution in [0.15, 0.2) is 22.4 Å². The number of nitrogens with zero attached hydrogens (tertiary/aromatic N) is 3. The first-order chi connectivity index (χ1) is 13.6. The van der Waals surface area contributed by atoms with Gasteiger partial charge in [-0.25, -0.2) is 0 Å². The van der Waals surface area contributed by atoms with Crippen molar-refractivity contribution in [3.05, 3.63) is 32.3 Å². The highest BCUT2D eigenvalue weighted by atomic mass is 32.2. The molecule has 1 aliphatic heterocycles. The summed E-state index contributed by atoms with van der Waals surface area (Å²) < 4.78 is -0.217. The van der Waals surface area contributed by atoms with Crippen LogP contribution < -0.4 is 5.32 Å². The monoisotopic (exact) mass is 454 g/mol. The Kier molecular flexibility index (Phi) is 7.95. The van der Waals surface area contributed by atoms with Crippen LogP contribution >= 0.6 is 47.1 Å². The quantitative estimate of drug-likeness (QED) is 0.431. The SMILES string of the molecule is CCCCc1nnc(NC(=O)CCCN2C(=O)/C(=C/c3cccs3)SC2S)s1. The van der Waals surface area contributed by atoms with Crippen molar-refractivity contribution in [2.75, 3.05) is 11.9 Å². The predicted molar refractivity (Wildman–Crippen MR) is 121 cm³/mol. The standard InChI is InChI=1S/C18H22N4O2S4/c1-2-3-8-15-20-21-17(28-15)19-14(23)7-4-9-22-16(24)13(27-18(22)25)11-12-6-5-10-26-12/h5-6,10-11,18,25H,2-4,7-9H2,1H3,(H,19,21,23)/b13-11-. The number of aryl methyl sites for hydroxylation is 1. The van der Waals surface area contributed by atoms with Gasteiger partial charge in [0.2, 0.25) is 11.0 Å². The molecule has 0 bridgehead atoms. The lowest BCUT2D eigenvalue weighted by molar-refractivity contribution is -0.125. The third-order valence-electron chi connectivity index (χ3n) is 4.05. The summed E-state index contributed by atoms with van der Waals surface area (Å²) in [4.78, 5) is 28.2. The average Bonchev–Trinajstić information content (AvgIpc) is 3.39. The molecule has 0 spiro atoms. The van der Waals surface area contributed by atoms with E-state index in [2.05, 4.69) is 35.1 Å². The number of hydrogen-bond donors (Lipinski definition) is 2. The molecular formula is C18H22N4O2S4. The van der Waals surface area contributed by atoms with E-state index in [9.17, 15) is 9.59 Å². The number of nitrogens with one attached hydrogen (secondary N) is 1. The van der Waals surface area contributed by atoms with Crippen LogP contribution in [-0.2, 0) is 16.0 Å². The number of hydrogen-bond acceptors (Lipinski definition) is 8. The average molecular weight is 455 g/mol. The van der Waals surface area contributed by atoms with E-state index in [4.69, 9.17) is 0 Å².